The molecule has 1 amide bonds. The van der Waals surface area contributed by atoms with Crippen LogP contribution < -0.4 is 0 Å². The summed E-state index contributed by atoms with van der Waals surface area (Å²) in [6.07, 6.45) is 0. The molecule has 0 aromatic heterocycles. The molecule has 0 saturated carbocycles. The molecule has 1 saturated heterocycles. The second kappa shape index (κ2) is 7.22. The predicted octanol–water partition coefficient (Wildman–Crippen LogP) is 0.361. The van der Waals surface area contributed by atoms with Gasteiger partial charge in [-0.25, -0.2) is 17.2 Å². The van der Waals surface area contributed by atoms with Gasteiger partial charge in [0, 0.05) is 39.2 Å². The summed E-state index contributed by atoms with van der Waals surface area (Å²) >= 11 is 0. The fraction of sp³-hybridized carbons (Fsp3) is 0.429. The third kappa shape index (κ3) is 4.06. The molecule has 24 heavy (non-hydrogen) atoms. The number of amides is 1. The number of halogens is 2. The van der Waals surface area contributed by atoms with Crippen molar-refractivity contribution >= 4 is 21.9 Å². The Hall–Kier alpha value is -2.07. The van der Waals surface area contributed by atoms with Crippen LogP contribution in [0.3, 0.4) is 0 Å². The van der Waals surface area contributed by atoms with Crippen LogP contribution >= 0.6 is 0 Å². The first-order valence-corrected chi connectivity index (χ1v) is 8.52. The fourth-order valence-electron chi connectivity index (χ4n) is 2.26. The van der Waals surface area contributed by atoms with E-state index in [-0.39, 0.29) is 26.2 Å². The van der Waals surface area contributed by atoms with Crippen LogP contribution in [-0.2, 0) is 24.3 Å². The zero-order chi connectivity index (χ0) is 17.9. The molecule has 1 aliphatic heterocycles. The molecular formula is C14H16F2N2O5S. The molecular weight excluding hydrogens is 346 g/mol. The number of rotatable bonds is 4. The van der Waals surface area contributed by atoms with Gasteiger partial charge in [0.15, 0.2) is 6.61 Å². The van der Waals surface area contributed by atoms with Crippen molar-refractivity contribution in [3.8, 4) is 0 Å². The minimum Gasteiger partial charge on any atom is -0.456 e. The van der Waals surface area contributed by atoms with Crippen molar-refractivity contribution in [3.05, 3.63) is 29.8 Å². The van der Waals surface area contributed by atoms with Crippen molar-refractivity contribution in [1.29, 1.82) is 0 Å². The molecule has 10 heteroatoms. The molecule has 0 unspecified atom stereocenters. The summed E-state index contributed by atoms with van der Waals surface area (Å²) in [6.45, 7) is 0.865. The van der Waals surface area contributed by atoms with Crippen LogP contribution in [0.4, 0.5) is 8.78 Å². The van der Waals surface area contributed by atoms with Gasteiger partial charge in [-0.2, -0.15) is 4.31 Å². The lowest BCUT2D eigenvalue weighted by atomic mass is 10.3. The summed E-state index contributed by atoms with van der Waals surface area (Å²) in [5.74, 6) is -3.05. The third-order valence-corrected chi connectivity index (χ3v) is 5.43. The molecule has 132 valence electrons. The van der Waals surface area contributed by atoms with E-state index in [9.17, 15) is 26.8 Å². The molecule has 7 nitrogen and oxygen atoms in total. The summed E-state index contributed by atoms with van der Waals surface area (Å²) in [7, 11) is -4.12. The number of sulfonamides is 1. The van der Waals surface area contributed by atoms with Crippen molar-refractivity contribution in [1.82, 2.24) is 9.21 Å². The molecule has 0 aliphatic carbocycles. The van der Waals surface area contributed by atoms with Crippen molar-refractivity contribution in [2.75, 3.05) is 32.8 Å². The predicted molar refractivity (Wildman–Crippen MR) is 78.3 cm³/mol. The molecule has 1 aromatic carbocycles. The Balaban J connectivity index is 2.03. The van der Waals surface area contributed by atoms with E-state index in [1.807, 2.05) is 0 Å². The Morgan fingerprint density at radius 1 is 1.17 bits per heavy atom. The smallest absolute Gasteiger partial charge is 0.303 e. The standard InChI is InChI=1S/C14H16F2N2O5S/c1-10(19)23-9-14(20)17-4-6-18(7-5-17)24(21,22)13-3-2-11(15)8-12(13)16/h2-3,8H,4-7,9H2,1H3. The van der Waals surface area contributed by atoms with E-state index in [2.05, 4.69) is 4.74 Å². The highest BCUT2D eigenvalue weighted by Gasteiger charge is 2.32. The number of ether oxygens (including phenoxy) is 1. The third-order valence-electron chi connectivity index (χ3n) is 3.50. The van der Waals surface area contributed by atoms with Crippen molar-refractivity contribution < 1.29 is 31.5 Å². The van der Waals surface area contributed by atoms with Crippen LogP contribution in [0, 0.1) is 11.6 Å². The van der Waals surface area contributed by atoms with Gasteiger partial charge in [-0.05, 0) is 12.1 Å². The van der Waals surface area contributed by atoms with Gasteiger partial charge in [0.25, 0.3) is 5.91 Å². The fourth-order valence-corrected chi connectivity index (χ4v) is 3.72. The van der Waals surface area contributed by atoms with E-state index in [1.165, 1.54) is 11.8 Å². The molecule has 0 spiro atoms. The highest BCUT2D eigenvalue weighted by Crippen LogP contribution is 2.21. The van der Waals surface area contributed by atoms with Crippen molar-refractivity contribution in [2.45, 2.75) is 11.8 Å². The van der Waals surface area contributed by atoms with Crippen LogP contribution in [0.2, 0.25) is 0 Å². The minimum atomic E-state index is -4.12. The highest BCUT2D eigenvalue weighted by molar-refractivity contribution is 7.89. The van der Waals surface area contributed by atoms with E-state index in [1.54, 1.807) is 0 Å². The molecule has 1 fully saturated rings. The number of hydrogen-bond acceptors (Lipinski definition) is 5. The second-order valence-electron chi connectivity index (χ2n) is 5.14. The molecule has 2 rings (SSSR count). The molecule has 1 aliphatic rings. The summed E-state index contributed by atoms with van der Waals surface area (Å²) in [6, 6.07) is 2.25. The van der Waals surface area contributed by atoms with Crippen LogP contribution in [0.25, 0.3) is 0 Å². The normalized spacial score (nSPS) is 16.0. The first kappa shape index (κ1) is 18.3. The van der Waals surface area contributed by atoms with E-state index >= 15 is 0 Å². The van der Waals surface area contributed by atoms with Gasteiger partial charge in [-0.15, -0.1) is 0 Å². The molecule has 0 atom stereocenters. The van der Waals surface area contributed by atoms with Crippen LogP contribution in [0.15, 0.2) is 23.1 Å². The summed E-state index contributed by atoms with van der Waals surface area (Å²) in [4.78, 5) is 23.2. The lowest BCUT2D eigenvalue weighted by molar-refractivity contribution is -0.150. The van der Waals surface area contributed by atoms with Crippen molar-refractivity contribution in [3.63, 3.8) is 0 Å². The summed E-state index contributed by atoms with van der Waals surface area (Å²) < 4.78 is 57.1. The molecule has 1 aromatic rings. The number of nitrogens with zero attached hydrogens (tertiary/aromatic N) is 2. The maximum absolute atomic E-state index is 13.7. The number of piperazine rings is 1. The van der Waals surface area contributed by atoms with Gasteiger partial charge in [0.2, 0.25) is 10.0 Å². The van der Waals surface area contributed by atoms with Gasteiger partial charge in [-0.3, -0.25) is 9.59 Å². The minimum absolute atomic E-state index is 0.0367. The summed E-state index contributed by atoms with van der Waals surface area (Å²) in [5, 5.41) is 0. The van der Waals surface area contributed by atoms with E-state index in [0.29, 0.717) is 6.07 Å². The van der Waals surface area contributed by atoms with Crippen LogP contribution in [-0.4, -0.2) is 62.3 Å². The van der Waals surface area contributed by atoms with Gasteiger partial charge < -0.3 is 9.64 Å². The lowest BCUT2D eigenvalue weighted by Gasteiger charge is -2.33. The second-order valence-corrected chi connectivity index (χ2v) is 7.05. The molecule has 0 bridgehead atoms. The molecule has 0 radical (unpaired) electrons. The Kier molecular flexibility index (Phi) is 5.50. The average molecular weight is 362 g/mol. The van der Waals surface area contributed by atoms with E-state index < -0.39 is 45.0 Å². The summed E-state index contributed by atoms with van der Waals surface area (Å²) in [5.41, 5.74) is 0. The zero-order valence-corrected chi connectivity index (χ0v) is 13.7. The van der Waals surface area contributed by atoms with E-state index in [0.717, 1.165) is 16.4 Å². The Bertz CT molecular complexity index is 746. The first-order chi connectivity index (χ1) is 11.2. The Labute approximate surface area is 137 Å². The number of carbonyl (C=O) groups is 2. The topological polar surface area (TPSA) is 84.0 Å². The average Bonchev–Trinajstić information content (AvgIpc) is 2.52. The molecule has 0 N–H and O–H groups in total. The van der Waals surface area contributed by atoms with Gasteiger partial charge >= 0.3 is 5.97 Å². The number of esters is 1. The largest absolute Gasteiger partial charge is 0.456 e. The first-order valence-electron chi connectivity index (χ1n) is 7.08. The number of benzene rings is 1. The number of hydrogen-bond donors (Lipinski definition) is 0. The zero-order valence-electron chi connectivity index (χ0n) is 12.9. The Morgan fingerprint density at radius 3 is 2.33 bits per heavy atom. The van der Waals surface area contributed by atoms with Gasteiger partial charge in [0.1, 0.15) is 16.5 Å². The quantitative estimate of drug-likeness (QED) is 0.722. The molecule has 1 heterocycles. The Morgan fingerprint density at radius 2 is 1.79 bits per heavy atom. The van der Waals surface area contributed by atoms with Crippen LogP contribution in [0.5, 0.6) is 0 Å². The van der Waals surface area contributed by atoms with Crippen molar-refractivity contribution in [2.24, 2.45) is 0 Å². The van der Waals surface area contributed by atoms with Crippen LogP contribution in [0.1, 0.15) is 6.92 Å². The van der Waals surface area contributed by atoms with E-state index in [4.69, 9.17) is 0 Å². The number of carbonyl (C=O) groups excluding carboxylic acids is 2. The SMILES string of the molecule is CC(=O)OCC(=O)N1CCN(S(=O)(=O)c2ccc(F)cc2F)CC1. The monoisotopic (exact) mass is 362 g/mol. The van der Waals surface area contributed by atoms with Gasteiger partial charge in [-0.1, -0.05) is 0 Å². The van der Waals surface area contributed by atoms with Gasteiger partial charge in [0.05, 0.1) is 0 Å². The lowest BCUT2D eigenvalue weighted by Crippen LogP contribution is -2.51. The maximum atomic E-state index is 13.7. The highest BCUT2D eigenvalue weighted by atomic mass is 32.2. The maximum Gasteiger partial charge on any atom is 0.303 e.